The van der Waals surface area contributed by atoms with Crippen LogP contribution in [0.3, 0.4) is 0 Å². The van der Waals surface area contributed by atoms with E-state index in [1.54, 1.807) is 30.2 Å². The zero-order valence-corrected chi connectivity index (χ0v) is 11.7. The second-order valence-electron chi connectivity index (χ2n) is 4.41. The number of ether oxygens (including phenoxy) is 1. The van der Waals surface area contributed by atoms with Gasteiger partial charge in [-0.25, -0.2) is 0 Å². The van der Waals surface area contributed by atoms with E-state index < -0.39 is 0 Å². The normalized spacial score (nSPS) is 12.2. The number of phenolic OH excluding ortho intramolecular Hbond substituents is 1. The average molecular weight is 266 g/mol. The number of nitrogens with two attached hydrogens (primary N) is 1. The van der Waals surface area contributed by atoms with Crippen LogP contribution in [0.2, 0.25) is 0 Å². The van der Waals surface area contributed by atoms with Crippen molar-refractivity contribution in [2.45, 2.75) is 26.4 Å². The molecule has 1 rings (SSSR count). The smallest absolute Gasteiger partial charge is 0.229 e. The fourth-order valence-corrected chi connectivity index (χ4v) is 1.94. The summed E-state index contributed by atoms with van der Waals surface area (Å²) >= 11 is 0. The van der Waals surface area contributed by atoms with Gasteiger partial charge in [-0.2, -0.15) is 0 Å². The van der Waals surface area contributed by atoms with Gasteiger partial charge in [0.1, 0.15) is 5.75 Å². The number of hydrogen-bond acceptors (Lipinski definition) is 4. The van der Waals surface area contributed by atoms with E-state index in [1.807, 2.05) is 13.8 Å². The zero-order valence-electron chi connectivity index (χ0n) is 11.7. The van der Waals surface area contributed by atoms with E-state index in [0.29, 0.717) is 13.1 Å². The molecule has 5 heteroatoms. The van der Waals surface area contributed by atoms with Gasteiger partial charge in [0.2, 0.25) is 5.91 Å². The fourth-order valence-electron chi connectivity index (χ4n) is 1.94. The number of benzene rings is 1. The van der Waals surface area contributed by atoms with E-state index in [4.69, 9.17) is 10.5 Å². The van der Waals surface area contributed by atoms with Crippen molar-refractivity contribution in [3.05, 3.63) is 23.8 Å². The Kier molecular flexibility index (Phi) is 5.79. The second kappa shape index (κ2) is 7.11. The van der Waals surface area contributed by atoms with E-state index in [2.05, 4.69) is 0 Å². The quantitative estimate of drug-likeness (QED) is 0.816. The Morgan fingerprint density at radius 3 is 2.74 bits per heavy atom. The lowest BCUT2D eigenvalue weighted by Gasteiger charge is -2.25. The molecule has 0 bridgehead atoms. The van der Waals surface area contributed by atoms with Gasteiger partial charge in [-0.3, -0.25) is 4.79 Å². The van der Waals surface area contributed by atoms with Gasteiger partial charge >= 0.3 is 0 Å². The molecular formula is C14H22N2O3. The number of phenols is 1. The van der Waals surface area contributed by atoms with Crippen molar-refractivity contribution in [1.29, 1.82) is 0 Å². The molecule has 0 radical (unpaired) electrons. The molecule has 0 saturated heterocycles. The van der Waals surface area contributed by atoms with Gasteiger partial charge in [-0.15, -0.1) is 0 Å². The van der Waals surface area contributed by atoms with Gasteiger partial charge < -0.3 is 20.5 Å². The lowest BCUT2D eigenvalue weighted by atomic mass is 10.1. The Hall–Kier alpha value is -1.59. The van der Waals surface area contributed by atoms with Gasteiger partial charge in [0.15, 0.2) is 0 Å². The summed E-state index contributed by atoms with van der Waals surface area (Å²) in [6.45, 7) is 4.63. The maximum absolute atomic E-state index is 12.3. The Bertz CT molecular complexity index is 431. The number of rotatable bonds is 6. The summed E-state index contributed by atoms with van der Waals surface area (Å²) in [5.74, 6) is 0.0856. The molecule has 1 aromatic carbocycles. The Balaban J connectivity index is 2.93. The molecule has 0 aliphatic carbocycles. The van der Waals surface area contributed by atoms with Crippen molar-refractivity contribution in [2.24, 2.45) is 5.73 Å². The molecule has 0 heterocycles. The summed E-state index contributed by atoms with van der Waals surface area (Å²) in [6, 6.07) is 4.99. The third-order valence-electron chi connectivity index (χ3n) is 3.10. The van der Waals surface area contributed by atoms with Gasteiger partial charge in [-0.05, 0) is 25.5 Å². The standard InChI is InChI=1S/C14H22N2O3/c1-4-16(14(18)8-12(9-15)19-3)13-7-11(17)6-5-10(13)2/h5-7,12,17H,4,8-9,15H2,1-3H3. The first-order valence-electron chi connectivity index (χ1n) is 6.36. The van der Waals surface area contributed by atoms with E-state index in [0.717, 1.165) is 11.3 Å². The van der Waals surface area contributed by atoms with Crippen molar-refractivity contribution in [3.8, 4) is 5.75 Å². The highest BCUT2D eigenvalue weighted by molar-refractivity contribution is 5.94. The minimum Gasteiger partial charge on any atom is -0.508 e. The first kappa shape index (κ1) is 15.5. The zero-order chi connectivity index (χ0) is 14.4. The summed E-state index contributed by atoms with van der Waals surface area (Å²) in [5, 5.41) is 9.56. The average Bonchev–Trinajstić information content (AvgIpc) is 2.40. The number of aromatic hydroxyl groups is 1. The molecule has 5 nitrogen and oxygen atoms in total. The van der Waals surface area contributed by atoms with Crippen LogP contribution in [0.1, 0.15) is 18.9 Å². The maximum Gasteiger partial charge on any atom is 0.229 e. The van der Waals surface area contributed by atoms with Crippen LogP contribution in [-0.4, -0.2) is 37.3 Å². The summed E-state index contributed by atoms with van der Waals surface area (Å²) in [6.07, 6.45) is -0.0465. The molecule has 0 aliphatic rings. The van der Waals surface area contributed by atoms with Crippen LogP contribution in [0.15, 0.2) is 18.2 Å². The van der Waals surface area contributed by atoms with Gasteiger partial charge in [-0.1, -0.05) is 6.07 Å². The fraction of sp³-hybridized carbons (Fsp3) is 0.500. The molecule has 0 aromatic heterocycles. The summed E-state index contributed by atoms with van der Waals surface area (Å²) in [4.78, 5) is 13.9. The molecule has 0 aliphatic heterocycles. The Labute approximate surface area is 114 Å². The van der Waals surface area contributed by atoms with Crippen molar-refractivity contribution >= 4 is 11.6 Å². The highest BCUT2D eigenvalue weighted by atomic mass is 16.5. The van der Waals surface area contributed by atoms with Crippen LogP contribution in [0.25, 0.3) is 0 Å². The minimum atomic E-state index is -0.279. The van der Waals surface area contributed by atoms with Crippen molar-refractivity contribution in [2.75, 3.05) is 25.1 Å². The SMILES string of the molecule is CCN(C(=O)CC(CN)OC)c1cc(O)ccc1C. The third kappa shape index (κ3) is 3.94. The van der Waals surface area contributed by atoms with E-state index in [9.17, 15) is 9.90 Å². The first-order valence-corrected chi connectivity index (χ1v) is 6.36. The Morgan fingerprint density at radius 1 is 1.53 bits per heavy atom. The number of hydrogen-bond donors (Lipinski definition) is 2. The predicted octanol–water partition coefficient (Wildman–Crippen LogP) is 1.42. The molecule has 1 unspecified atom stereocenters. The number of carbonyl (C=O) groups is 1. The number of carbonyl (C=O) groups excluding carboxylic acids is 1. The van der Waals surface area contributed by atoms with Crippen LogP contribution in [0, 0.1) is 6.92 Å². The van der Waals surface area contributed by atoms with E-state index in [-0.39, 0.29) is 24.2 Å². The number of amides is 1. The highest BCUT2D eigenvalue weighted by Gasteiger charge is 2.20. The maximum atomic E-state index is 12.3. The second-order valence-corrected chi connectivity index (χ2v) is 4.41. The lowest BCUT2D eigenvalue weighted by Crippen LogP contribution is -2.36. The highest BCUT2D eigenvalue weighted by Crippen LogP contribution is 2.25. The summed E-state index contributed by atoms with van der Waals surface area (Å²) in [5.41, 5.74) is 7.19. The summed E-state index contributed by atoms with van der Waals surface area (Å²) < 4.78 is 5.13. The van der Waals surface area contributed by atoms with E-state index >= 15 is 0 Å². The molecule has 0 saturated carbocycles. The predicted molar refractivity (Wildman–Crippen MR) is 75.3 cm³/mol. The van der Waals surface area contributed by atoms with Crippen LogP contribution in [0.5, 0.6) is 5.75 Å². The van der Waals surface area contributed by atoms with E-state index in [1.165, 1.54) is 0 Å². The van der Waals surface area contributed by atoms with Crippen LogP contribution in [0.4, 0.5) is 5.69 Å². The largest absolute Gasteiger partial charge is 0.508 e. The van der Waals surface area contributed by atoms with Crippen LogP contribution >= 0.6 is 0 Å². The van der Waals surface area contributed by atoms with Crippen LogP contribution in [-0.2, 0) is 9.53 Å². The molecule has 1 atom stereocenters. The molecule has 0 spiro atoms. The summed E-state index contributed by atoms with van der Waals surface area (Å²) in [7, 11) is 1.54. The number of methoxy groups -OCH3 is 1. The topological polar surface area (TPSA) is 75.8 Å². The minimum absolute atomic E-state index is 0.0616. The number of nitrogens with zero attached hydrogens (tertiary/aromatic N) is 1. The molecule has 106 valence electrons. The van der Waals surface area contributed by atoms with Gasteiger partial charge in [0.25, 0.3) is 0 Å². The Morgan fingerprint density at radius 2 is 2.21 bits per heavy atom. The molecular weight excluding hydrogens is 244 g/mol. The first-order chi connectivity index (χ1) is 9.03. The third-order valence-corrected chi connectivity index (χ3v) is 3.10. The lowest BCUT2D eigenvalue weighted by molar-refractivity contribution is -0.120. The molecule has 1 amide bonds. The molecule has 3 N–H and O–H groups in total. The molecule has 0 fully saturated rings. The van der Waals surface area contributed by atoms with Crippen molar-refractivity contribution < 1.29 is 14.6 Å². The van der Waals surface area contributed by atoms with Crippen molar-refractivity contribution in [3.63, 3.8) is 0 Å². The number of anilines is 1. The van der Waals surface area contributed by atoms with Gasteiger partial charge in [0, 0.05) is 26.3 Å². The van der Waals surface area contributed by atoms with Gasteiger partial charge in [0.05, 0.1) is 18.2 Å². The molecule has 19 heavy (non-hydrogen) atoms. The molecule has 1 aromatic rings. The monoisotopic (exact) mass is 266 g/mol. The van der Waals surface area contributed by atoms with Crippen molar-refractivity contribution in [1.82, 2.24) is 0 Å². The van der Waals surface area contributed by atoms with Crippen LogP contribution < -0.4 is 10.6 Å². The number of aryl methyl sites for hydroxylation is 1.